The van der Waals surface area contributed by atoms with Crippen LogP contribution in [0.2, 0.25) is 0 Å². The Bertz CT molecular complexity index is 977. The monoisotopic (exact) mass is 502 g/mol. The van der Waals surface area contributed by atoms with E-state index in [-0.39, 0.29) is 5.91 Å². The standard InChI is InChI=1S/C22H23IN4O2/c1-13-11-27(12-14(2)25-13)17-6-4-16(5-7-17)24-10-20-19-9-15(23)3-8-18(19)21(28)26-22(20)29/h3-10,13-14,24-25H,11-12H2,1-2H3,(H,26,28,29)/b20-10-/t13-,14+. The van der Waals surface area contributed by atoms with Crippen LogP contribution in [0.5, 0.6) is 0 Å². The van der Waals surface area contributed by atoms with E-state index in [0.29, 0.717) is 28.8 Å². The zero-order chi connectivity index (χ0) is 20.5. The highest BCUT2D eigenvalue weighted by molar-refractivity contribution is 14.1. The zero-order valence-corrected chi connectivity index (χ0v) is 18.5. The van der Waals surface area contributed by atoms with Crippen LogP contribution in [0.3, 0.4) is 0 Å². The number of carbonyl (C=O) groups is 2. The van der Waals surface area contributed by atoms with E-state index in [9.17, 15) is 9.59 Å². The molecule has 2 aliphatic heterocycles. The van der Waals surface area contributed by atoms with Crippen LogP contribution in [0.1, 0.15) is 29.8 Å². The second-order valence-electron chi connectivity index (χ2n) is 7.60. The molecule has 0 aromatic heterocycles. The van der Waals surface area contributed by atoms with Crippen molar-refractivity contribution in [2.24, 2.45) is 0 Å². The molecule has 2 aliphatic rings. The number of anilines is 2. The topological polar surface area (TPSA) is 73.5 Å². The van der Waals surface area contributed by atoms with Gasteiger partial charge in [0.15, 0.2) is 0 Å². The SMILES string of the molecule is C[C@@H]1CN(c2ccc(N/C=C3\C(=O)NC(=O)c4ccc(I)cc43)cc2)C[C@H](C)N1. The number of benzene rings is 2. The lowest BCUT2D eigenvalue weighted by atomic mass is 9.95. The highest BCUT2D eigenvalue weighted by Gasteiger charge is 2.27. The summed E-state index contributed by atoms with van der Waals surface area (Å²) < 4.78 is 0.971. The molecule has 0 saturated carbocycles. The van der Waals surface area contributed by atoms with Gasteiger partial charge in [0.05, 0.1) is 5.57 Å². The fraction of sp³-hybridized carbons (Fsp3) is 0.273. The van der Waals surface area contributed by atoms with Crippen LogP contribution >= 0.6 is 22.6 Å². The molecule has 2 atom stereocenters. The third kappa shape index (κ3) is 4.30. The molecule has 29 heavy (non-hydrogen) atoms. The summed E-state index contributed by atoms with van der Waals surface area (Å²) in [5, 5.41) is 9.14. The molecule has 0 spiro atoms. The Labute approximate surface area is 183 Å². The molecule has 1 fully saturated rings. The molecule has 2 amide bonds. The lowest BCUT2D eigenvalue weighted by Crippen LogP contribution is -2.54. The Morgan fingerprint density at radius 3 is 2.38 bits per heavy atom. The summed E-state index contributed by atoms with van der Waals surface area (Å²) >= 11 is 2.18. The second kappa shape index (κ2) is 8.16. The van der Waals surface area contributed by atoms with E-state index in [1.807, 2.05) is 24.3 Å². The average molecular weight is 502 g/mol. The van der Waals surface area contributed by atoms with Gasteiger partial charge in [0, 0.05) is 57.4 Å². The van der Waals surface area contributed by atoms with Gasteiger partial charge in [-0.25, -0.2) is 0 Å². The summed E-state index contributed by atoms with van der Waals surface area (Å²) in [6.45, 7) is 6.35. The summed E-state index contributed by atoms with van der Waals surface area (Å²) in [5.41, 5.74) is 3.68. The molecular formula is C22H23IN4O2. The minimum atomic E-state index is -0.391. The number of rotatable bonds is 3. The van der Waals surface area contributed by atoms with Gasteiger partial charge in [-0.05, 0) is 78.9 Å². The summed E-state index contributed by atoms with van der Waals surface area (Å²) in [6.07, 6.45) is 1.67. The van der Waals surface area contributed by atoms with Crippen molar-refractivity contribution in [3.8, 4) is 0 Å². The van der Waals surface area contributed by atoms with Crippen LogP contribution in [0, 0.1) is 3.57 Å². The Morgan fingerprint density at radius 1 is 1.00 bits per heavy atom. The Hall–Kier alpha value is -2.39. The average Bonchev–Trinajstić information content (AvgIpc) is 2.67. The molecule has 3 N–H and O–H groups in total. The van der Waals surface area contributed by atoms with Gasteiger partial charge in [-0.3, -0.25) is 14.9 Å². The molecular weight excluding hydrogens is 479 g/mol. The van der Waals surface area contributed by atoms with Crippen molar-refractivity contribution < 1.29 is 9.59 Å². The lowest BCUT2D eigenvalue weighted by Gasteiger charge is -2.37. The minimum absolute atomic E-state index is 0.359. The molecule has 6 nitrogen and oxygen atoms in total. The first-order valence-electron chi connectivity index (χ1n) is 9.64. The number of fused-ring (bicyclic) bond motifs is 1. The van der Waals surface area contributed by atoms with Crippen molar-refractivity contribution in [2.75, 3.05) is 23.3 Å². The summed E-state index contributed by atoms with van der Waals surface area (Å²) in [5.74, 6) is -0.750. The molecule has 2 aromatic carbocycles. The van der Waals surface area contributed by atoms with E-state index in [2.05, 4.69) is 69.4 Å². The number of nitrogens with zero attached hydrogens (tertiary/aromatic N) is 1. The molecule has 7 heteroatoms. The van der Waals surface area contributed by atoms with Crippen molar-refractivity contribution in [3.05, 3.63) is 63.4 Å². The van der Waals surface area contributed by atoms with Crippen LogP contribution in [-0.2, 0) is 4.79 Å². The first-order valence-corrected chi connectivity index (χ1v) is 10.7. The summed E-state index contributed by atoms with van der Waals surface area (Å²) in [6, 6.07) is 14.6. The van der Waals surface area contributed by atoms with E-state index in [0.717, 1.165) is 22.3 Å². The second-order valence-corrected chi connectivity index (χ2v) is 8.84. The number of imide groups is 1. The fourth-order valence-electron chi connectivity index (χ4n) is 3.90. The highest BCUT2D eigenvalue weighted by atomic mass is 127. The van der Waals surface area contributed by atoms with E-state index in [1.165, 1.54) is 5.69 Å². The molecule has 150 valence electrons. The van der Waals surface area contributed by atoms with Crippen molar-refractivity contribution in [2.45, 2.75) is 25.9 Å². The highest BCUT2D eigenvalue weighted by Crippen LogP contribution is 2.27. The van der Waals surface area contributed by atoms with Crippen LogP contribution < -0.4 is 20.9 Å². The molecule has 2 heterocycles. The van der Waals surface area contributed by atoms with Crippen molar-refractivity contribution >= 4 is 51.4 Å². The lowest BCUT2D eigenvalue weighted by molar-refractivity contribution is -0.114. The number of hydrogen-bond acceptors (Lipinski definition) is 5. The van der Waals surface area contributed by atoms with Gasteiger partial charge in [-0.1, -0.05) is 0 Å². The van der Waals surface area contributed by atoms with Gasteiger partial charge >= 0.3 is 0 Å². The van der Waals surface area contributed by atoms with Crippen molar-refractivity contribution in [1.82, 2.24) is 10.6 Å². The van der Waals surface area contributed by atoms with Gasteiger partial charge < -0.3 is 15.5 Å². The molecule has 2 aromatic rings. The van der Waals surface area contributed by atoms with Crippen LogP contribution in [0.15, 0.2) is 48.7 Å². The Balaban J connectivity index is 1.54. The molecule has 0 aliphatic carbocycles. The molecule has 0 unspecified atom stereocenters. The van der Waals surface area contributed by atoms with Gasteiger partial charge in [-0.2, -0.15) is 0 Å². The fourth-order valence-corrected chi connectivity index (χ4v) is 4.39. The quantitative estimate of drug-likeness (QED) is 0.342. The van der Waals surface area contributed by atoms with Gasteiger partial charge in [0.25, 0.3) is 11.8 Å². The molecule has 0 bridgehead atoms. The van der Waals surface area contributed by atoms with Crippen molar-refractivity contribution in [1.29, 1.82) is 0 Å². The summed E-state index contributed by atoms with van der Waals surface area (Å²) in [4.78, 5) is 26.8. The Kier molecular flexibility index (Phi) is 5.60. The number of halogens is 1. The van der Waals surface area contributed by atoms with E-state index in [4.69, 9.17) is 0 Å². The van der Waals surface area contributed by atoms with Gasteiger partial charge in [0.1, 0.15) is 0 Å². The summed E-state index contributed by atoms with van der Waals surface area (Å²) in [7, 11) is 0. The van der Waals surface area contributed by atoms with Crippen LogP contribution in [0.4, 0.5) is 11.4 Å². The number of carbonyl (C=O) groups excluding carboxylic acids is 2. The van der Waals surface area contributed by atoms with Gasteiger partial charge in [0.2, 0.25) is 0 Å². The molecule has 4 rings (SSSR count). The number of amides is 2. The van der Waals surface area contributed by atoms with E-state index >= 15 is 0 Å². The predicted molar refractivity (Wildman–Crippen MR) is 124 cm³/mol. The van der Waals surface area contributed by atoms with Crippen LogP contribution in [-0.4, -0.2) is 37.0 Å². The maximum Gasteiger partial charge on any atom is 0.260 e. The van der Waals surface area contributed by atoms with Crippen molar-refractivity contribution in [3.63, 3.8) is 0 Å². The number of nitrogens with one attached hydrogen (secondary N) is 3. The number of piperazine rings is 1. The van der Waals surface area contributed by atoms with E-state index < -0.39 is 5.91 Å². The third-order valence-corrected chi connectivity index (χ3v) is 5.83. The first kappa shape index (κ1) is 19.9. The van der Waals surface area contributed by atoms with Crippen LogP contribution in [0.25, 0.3) is 5.57 Å². The predicted octanol–water partition coefficient (Wildman–Crippen LogP) is 3.20. The molecule has 0 radical (unpaired) electrons. The first-order chi connectivity index (χ1) is 13.9. The normalized spacial score (nSPS) is 23.0. The maximum absolute atomic E-state index is 12.4. The van der Waals surface area contributed by atoms with Gasteiger partial charge in [-0.15, -0.1) is 0 Å². The third-order valence-electron chi connectivity index (χ3n) is 5.16. The van der Waals surface area contributed by atoms with E-state index in [1.54, 1.807) is 12.3 Å². The number of hydrogen-bond donors (Lipinski definition) is 3. The zero-order valence-electron chi connectivity index (χ0n) is 16.3. The minimum Gasteiger partial charge on any atom is -0.368 e. The smallest absolute Gasteiger partial charge is 0.260 e. The largest absolute Gasteiger partial charge is 0.368 e. The molecule has 1 saturated heterocycles. The Morgan fingerprint density at radius 2 is 1.69 bits per heavy atom. The maximum atomic E-state index is 12.4.